The van der Waals surface area contributed by atoms with Gasteiger partial charge in [0.05, 0.1) is 6.10 Å². The van der Waals surface area contributed by atoms with Gasteiger partial charge in [-0.2, -0.15) is 0 Å². The molecule has 0 radical (unpaired) electrons. The normalized spacial score (nSPS) is 29.1. The largest absolute Gasteiger partial charge is 0.389 e. The second-order valence-corrected chi connectivity index (χ2v) is 6.31. The third kappa shape index (κ3) is 2.67. The van der Waals surface area contributed by atoms with Gasteiger partial charge in [-0.15, -0.1) is 0 Å². The first-order valence-corrected chi connectivity index (χ1v) is 7.74. The van der Waals surface area contributed by atoms with Crippen LogP contribution in [0.2, 0.25) is 0 Å². The first kappa shape index (κ1) is 13.8. The number of nitrogens with zero attached hydrogens (tertiary/aromatic N) is 3. The summed E-state index contributed by atoms with van der Waals surface area (Å²) < 4.78 is 0. The number of piperidine rings is 2. The Morgan fingerprint density at radius 3 is 2.85 bits per heavy atom. The summed E-state index contributed by atoms with van der Waals surface area (Å²) in [5.41, 5.74) is 0.890. The van der Waals surface area contributed by atoms with Crippen molar-refractivity contribution < 1.29 is 5.11 Å². The lowest BCUT2D eigenvalue weighted by Crippen LogP contribution is -2.52. The number of aliphatic hydroxyl groups excluding tert-OH is 1. The van der Waals surface area contributed by atoms with E-state index in [0.29, 0.717) is 0 Å². The minimum Gasteiger partial charge on any atom is -0.389 e. The number of aliphatic hydroxyl groups is 1. The highest BCUT2D eigenvalue weighted by Crippen LogP contribution is 2.31. The summed E-state index contributed by atoms with van der Waals surface area (Å²) in [6, 6.07) is 4.80. The Hall–Kier alpha value is -1.13. The van der Waals surface area contributed by atoms with Gasteiger partial charge in [-0.3, -0.25) is 0 Å². The lowest BCUT2D eigenvalue weighted by molar-refractivity contribution is 0.102. The quantitative estimate of drug-likeness (QED) is 0.897. The maximum atomic E-state index is 9.55. The molecule has 3 heterocycles. The van der Waals surface area contributed by atoms with Crippen molar-refractivity contribution in [2.45, 2.75) is 38.3 Å². The van der Waals surface area contributed by atoms with E-state index in [4.69, 9.17) is 0 Å². The lowest BCUT2D eigenvalue weighted by Gasteiger charge is -2.46. The van der Waals surface area contributed by atoms with E-state index >= 15 is 0 Å². The van der Waals surface area contributed by atoms with E-state index in [-0.39, 0.29) is 0 Å². The Balaban J connectivity index is 1.69. The van der Waals surface area contributed by atoms with E-state index < -0.39 is 6.10 Å². The van der Waals surface area contributed by atoms with Crippen molar-refractivity contribution in [1.29, 1.82) is 0 Å². The second kappa shape index (κ2) is 5.70. The van der Waals surface area contributed by atoms with Crippen molar-refractivity contribution in [2.75, 3.05) is 31.6 Å². The fourth-order valence-corrected chi connectivity index (χ4v) is 3.69. The molecule has 20 heavy (non-hydrogen) atoms. The molecule has 0 bridgehead atoms. The zero-order valence-electron chi connectivity index (χ0n) is 12.5. The van der Waals surface area contributed by atoms with Gasteiger partial charge in [-0.1, -0.05) is 6.07 Å². The molecular weight excluding hydrogens is 250 g/mol. The summed E-state index contributed by atoms with van der Waals surface area (Å²) in [5.74, 6) is 1.84. The smallest absolute Gasteiger partial charge is 0.128 e. The van der Waals surface area contributed by atoms with Crippen LogP contribution in [0.1, 0.15) is 37.9 Å². The summed E-state index contributed by atoms with van der Waals surface area (Å²) in [6.07, 6.45) is 5.27. The number of likely N-dealkylation sites (tertiary alicyclic amines) is 1. The van der Waals surface area contributed by atoms with Crippen molar-refractivity contribution >= 4 is 5.82 Å². The molecule has 1 aromatic rings. The van der Waals surface area contributed by atoms with Crippen LogP contribution < -0.4 is 4.90 Å². The first-order chi connectivity index (χ1) is 9.65. The number of aromatic nitrogens is 1. The highest BCUT2D eigenvalue weighted by Gasteiger charge is 2.34. The topological polar surface area (TPSA) is 39.6 Å². The van der Waals surface area contributed by atoms with Gasteiger partial charge < -0.3 is 14.9 Å². The molecular formula is C16H25N3O. The van der Waals surface area contributed by atoms with E-state index in [2.05, 4.69) is 27.9 Å². The Kier molecular flexibility index (Phi) is 3.94. The fourth-order valence-electron chi connectivity index (χ4n) is 3.69. The van der Waals surface area contributed by atoms with Gasteiger partial charge in [0.25, 0.3) is 0 Å². The third-order valence-electron chi connectivity index (χ3n) is 4.92. The molecule has 4 heteroatoms. The van der Waals surface area contributed by atoms with E-state index in [1.807, 2.05) is 6.07 Å². The zero-order chi connectivity index (χ0) is 14.1. The van der Waals surface area contributed by atoms with Crippen LogP contribution in [0, 0.1) is 5.92 Å². The van der Waals surface area contributed by atoms with Crippen LogP contribution >= 0.6 is 0 Å². The van der Waals surface area contributed by atoms with Crippen LogP contribution in [0.15, 0.2) is 18.3 Å². The molecule has 0 spiro atoms. The summed E-state index contributed by atoms with van der Waals surface area (Å²) in [6.45, 7) is 5.24. The van der Waals surface area contributed by atoms with Gasteiger partial charge in [0.2, 0.25) is 0 Å². The average molecular weight is 275 g/mol. The molecule has 2 aliphatic rings. The molecule has 110 valence electrons. The molecule has 0 aromatic carbocycles. The molecule has 0 amide bonds. The molecule has 3 rings (SSSR count). The van der Waals surface area contributed by atoms with Crippen LogP contribution in [-0.4, -0.2) is 47.7 Å². The third-order valence-corrected chi connectivity index (χ3v) is 4.92. The van der Waals surface area contributed by atoms with Crippen molar-refractivity contribution in [3.05, 3.63) is 23.9 Å². The number of hydrogen-bond donors (Lipinski definition) is 1. The molecule has 1 N–H and O–H groups in total. The molecule has 2 saturated heterocycles. The molecule has 3 atom stereocenters. The van der Waals surface area contributed by atoms with E-state index in [0.717, 1.165) is 36.4 Å². The standard InChI is InChI=1S/C16H25N3O/c1-12(20)13-5-6-16(17-10-13)19-9-7-15-14(11-19)4-3-8-18(15)2/h5-6,10,12,14-15,20H,3-4,7-9,11H2,1-2H3. The van der Waals surface area contributed by atoms with Crippen LogP contribution in [0.5, 0.6) is 0 Å². The first-order valence-electron chi connectivity index (χ1n) is 7.74. The van der Waals surface area contributed by atoms with E-state index in [1.54, 1.807) is 13.1 Å². The monoisotopic (exact) mass is 275 g/mol. The summed E-state index contributed by atoms with van der Waals surface area (Å²) in [4.78, 5) is 9.48. The van der Waals surface area contributed by atoms with Crippen molar-refractivity contribution in [2.24, 2.45) is 5.92 Å². The van der Waals surface area contributed by atoms with Gasteiger partial charge in [-0.25, -0.2) is 4.98 Å². The summed E-state index contributed by atoms with van der Waals surface area (Å²) in [5, 5.41) is 9.55. The van der Waals surface area contributed by atoms with Crippen molar-refractivity contribution in [3.63, 3.8) is 0 Å². The Morgan fingerprint density at radius 1 is 1.30 bits per heavy atom. The van der Waals surface area contributed by atoms with Crippen LogP contribution in [0.4, 0.5) is 5.82 Å². The predicted octanol–water partition coefficient (Wildman–Crippen LogP) is 2.06. The fraction of sp³-hybridized carbons (Fsp3) is 0.688. The van der Waals surface area contributed by atoms with Gasteiger partial charge >= 0.3 is 0 Å². The molecule has 4 nitrogen and oxygen atoms in total. The minimum atomic E-state index is -0.436. The minimum absolute atomic E-state index is 0.436. The van der Waals surface area contributed by atoms with Gasteiger partial charge in [0.1, 0.15) is 5.82 Å². The zero-order valence-corrected chi connectivity index (χ0v) is 12.5. The van der Waals surface area contributed by atoms with Gasteiger partial charge in [0, 0.05) is 25.3 Å². The summed E-state index contributed by atoms with van der Waals surface area (Å²) >= 11 is 0. The Bertz CT molecular complexity index is 446. The number of pyridine rings is 1. The van der Waals surface area contributed by atoms with Gasteiger partial charge in [-0.05, 0) is 57.3 Å². The molecule has 1 aromatic heterocycles. The van der Waals surface area contributed by atoms with Crippen molar-refractivity contribution in [3.8, 4) is 0 Å². The second-order valence-electron chi connectivity index (χ2n) is 6.31. The van der Waals surface area contributed by atoms with Crippen molar-refractivity contribution in [1.82, 2.24) is 9.88 Å². The maximum Gasteiger partial charge on any atom is 0.128 e. The maximum absolute atomic E-state index is 9.55. The number of rotatable bonds is 2. The van der Waals surface area contributed by atoms with E-state index in [1.165, 1.54) is 25.8 Å². The predicted molar refractivity (Wildman–Crippen MR) is 80.8 cm³/mol. The van der Waals surface area contributed by atoms with E-state index in [9.17, 15) is 5.11 Å². The highest BCUT2D eigenvalue weighted by atomic mass is 16.3. The number of fused-ring (bicyclic) bond motifs is 1. The Labute approximate surface area is 121 Å². The number of hydrogen-bond acceptors (Lipinski definition) is 4. The summed E-state index contributed by atoms with van der Waals surface area (Å²) in [7, 11) is 2.27. The lowest BCUT2D eigenvalue weighted by atomic mass is 9.84. The molecule has 0 aliphatic carbocycles. The molecule has 2 fully saturated rings. The molecule has 3 unspecified atom stereocenters. The molecule has 2 aliphatic heterocycles. The molecule has 0 saturated carbocycles. The van der Waals surface area contributed by atoms with Crippen LogP contribution in [0.3, 0.4) is 0 Å². The van der Waals surface area contributed by atoms with Crippen LogP contribution in [0.25, 0.3) is 0 Å². The number of anilines is 1. The average Bonchev–Trinajstić information content (AvgIpc) is 2.47. The Morgan fingerprint density at radius 2 is 2.15 bits per heavy atom. The SMILES string of the molecule is CC(O)c1ccc(N2CCC3C(CCCN3C)C2)nc1. The van der Waals surface area contributed by atoms with Crippen LogP contribution in [-0.2, 0) is 0 Å². The van der Waals surface area contributed by atoms with Gasteiger partial charge in [0.15, 0.2) is 0 Å². The highest BCUT2D eigenvalue weighted by molar-refractivity contribution is 5.40.